The van der Waals surface area contributed by atoms with Gasteiger partial charge < -0.3 is 10.5 Å². The van der Waals surface area contributed by atoms with Crippen molar-refractivity contribution in [3.05, 3.63) is 33.9 Å². The first-order valence-corrected chi connectivity index (χ1v) is 5.79. The molecular weight excluding hydrogens is 198 g/mol. The summed E-state index contributed by atoms with van der Waals surface area (Å²) in [5.74, 6) is 0.309. The van der Waals surface area contributed by atoms with Gasteiger partial charge in [-0.05, 0) is 55.5 Å². The second kappa shape index (κ2) is 5.46. The number of hydrogen-bond donors (Lipinski definition) is 1. The van der Waals surface area contributed by atoms with Gasteiger partial charge in [-0.3, -0.25) is 0 Å². The fourth-order valence-electron chi connectivity index (χ4n) is 2.33. The molecule has 0 bridgehead atoms. The van der Waals surface area contributed by atoms with Crippen molar-refractivity contribution in [2.45, 2.75) is 33.6 Å². The van der Waals surface area contributed by atoms with E-state index in [2.05, 4.69) is 33.8 Å². The van der Waals surface area contributed by atoms with Gasteiger partial charge in [0.05, 0.1) is 6.61 Å². The number of ether oxygens (including phenoxy) is 1. The lowest BCUT2D eigenvalue weighted by atomic mass is 9.86. The van der Waals surface area contributed by atoms with E-state index in [9.17, 15) is 0 Å². The monoisotopic (exact) mass is 221 g/mol. The zero-order valence-corrected chi connectivity index (χ0v) is 11.1. The summed E-state index contributed by atoms with van der Waals surface area (Å²) in [7, 11) is 1.73. The summed E-state index contributed by atoms with van der Waals surface area (Å²) in [5, 5.41) is 0. The first-order valence-electron chi connectivity index (χ1n) is 5.79. The van der Waals surface area contributed by atoms with E-state index in [-0.39, 0.29) is 0 Å². The first kappa shape index (κ1) is 13.2. The molecule has 1 aromatic rings. The molecule has 2 heteroatoms. The Balaban J connectivity index is 3.29. The van der Waals surface area contributed by atoms with Gasteiger partial charge in [-0.2, -0.15) is 0 Å². The van der Waals surface area contributed by atoms with Crippen molar-refractivity contribution in [3.8, 4) is 0 Å². The summed E-state index contributed by atoms with van der Waals surface area (Å²) < 4.78 is 5.26. The molecule has 0 amide bonds. The highest BCUT2D eigenvalue weighted by Crippen LogP contribution is 2.28. The lowest BCUT2D eigenvalue weighted by molar-refractivity contribution is 0.180. The second-order valence-electron chi connectivity index (χ2n) is 4.56. The Kier molecular flexibility index (Phi) is 4.51. The minimum Gasteiger partial charge on any atom is -0.384 e. The van der Waals surface area contributed by atoms with E-state index < -0.39 is 0 Å². The first-order chi connectivity index (χ1) is 7.52. The number of hydrogen-bond acceptors (Lipinski definition) is 2. The smallest absolute Gasteiger partial charge is 0.0543 e. The molecule has 0 aromatic heterocycles. The normalized spacial score (nSPS) is 12.9. The molecule has 2 nitrogen and oxygen atoms in total. The van der Waals surface area contributed by atoms with E-state index in [0.29, 0.717) is 19.1 Å². The number of benzene rings is 1. The van der Waals surface area contributed by atoms with Crippen LogP contribution in [-0.2, 0) is 4.74 Å². The van der Waals surface area contributed by atoms with Crippen LogP contribution in [0.3, 0.4) is 0 Å². The Labute approximate surface area is 98.8 Å². The highest BCUT2D eigenvalue weighted by Gasteiger charge is 2.17. The SMILES string of the molecule is COCC(CN)c1c(C)c(C)cc(C)c1C. The van der Waals surface area contributed by atoms with Crippen LogP contribution in [-0.4, -0.2) is 20.3 Å². The Morgan fingerprint density at radius 3 is 2.00 bits per heavy atom. The molecular formula is C14H23NO. The number of rotatable bonds is 4. The van der Waals surface area contributed by atoms with Crippen molar-refractivity contribution in [3.63, 3.8) is 0 Å². The van der Waals surface area contributed by atoms with Gasteiger partial charge in [-0.25, -0.2) is 0 Å². The topological polar surface area (TPSA) is 35.2 Å². The van der Waals surface area contributed by atoms with Crippen LogP contribution in [0.4, 0.5) is 0 Å². The van der Waals surface area contributed by atoms with E-state index in [4.69, 9.17) is 10.5 Å². The van der Waals surface area contributed by atoms with Crippen LogP contribution in [0.25, 0.3) is 0 Å². The maximum Gasteiger partial charge on any atom is 0.0543 e. The third kappa shape index (κ3) is 2.45. The largest absolute Gasteiger partial charge is 0.384 e. The van der Waals surface area contributed by atoms with Gasteiger partial charge in [-0.15, -0.1) is 0 Å². The van der Waals surface area contributed by atoms with Gasteiger partial charge in [0.15, 0.2) is 0 Å². The molecule has 0 heterocycles. The molecule has 1 atom stereocenters. The van der Waals surface area contributed by atoms with Crippen LogP contribution in [0.15, 0.2) is 6.07 Å². The van der Waals surface area contributed by atoms with E-state index in [1.54, 1.807) is 7.11 Å². The molecule has 16 heavy (non-hydrogen) atoms. The molecule has 0 spiro atoms. The van der Waals surface area contributed by atoms with Gasteiger partial charge in [-0.1, -0.05) is 6.07 Å². The van der Waals surface area contributed by atoms with Gasteiger partial charge in [0.25, 0.3) is 0 Å². The highest BCUT2D eigenvalue weighted by atomic mass is 16.5. The molecule has 1 rings (SSSR count). The van der Waals surface area contributed by atoms with Gasteiger partial charge >= 0.3 is 0 Å². The molecule has 1 unspecified atom stereocenters. The van der Waals surface area contributed by atoms with Crippen molar-refractivity contribution in [2.24, 2.45) is 5.73 Å². The molecule has 1 aromatic carbocycles. The average molecular weight is 221 g/mol. The fourth-order valence-corrected chi connectivity index (χ4v) is 2.33. The number of methoxy groups -OCH3 is 1. The van der Waals surface area contributed by atoms with Crippen molar-refractivity contribution >= 4 is 0 Å². The van der Waals surface area contributed by atoms with E-state index in [1.165, 1.54) is 27.8 Å². The lowest BCUT2D eigenvalue weighted by Crippen LogP contribution is -2.20. The van der Waals surface area contributed by atoms with Gasteiger partial charge in [0.2, 0.25) is 0 Å². The lowest BCUT2D eigenvalue weighted by Gasteiger charge is -2.22. The zero-order chi connectivity index (χ0) is 12.3. The zero-order valence-electron chi connectivity index (χ0n) is 11.1. The minimum absolute atomic E-state index is 0.309. The van der Waals surface area contributed by atoms with Crippen LogP contribution in [0.5, 0.6) is 0 Å². The van der Waals surface area contributed by atoms with Crippen LogP contribution in [0.1, 0.15) is 33.7 Å². The van der Waals surface area contributed by atoms with Crippen LogP contribution < -0.4 is 5.73 Å². The standard InChI is InChI=1S/C14H23NO/c1-9-6-10(2)12(4)14(11(9)3)13(7-15)8-16-5/h6,13H,7-8,15H2,1-5H3. The van der Waals surface area contributed by atoms with Crippen molar-refractivity contribution < 1.29 is 4.74 Å². The van der Waals surface area contributed by atoms with Crippen molar-refractivity contribution in [1.29, 1.82) is 0 Å². The molecule has 0 saturated carbocycles. The minimum atomic E-state index is 0.309. The molecule has 0 aliphatic rings. The van der Waals surface area contributed by atoms with Gasteiger partial charge in [0.1, 0.15) is 0 Å². The molecule has 90 valence electrons. The maximum absolute atomic E-state index is 5.85. The molecule has 2 N–H and O–H groups in total. The van der Waals surface area contributed by atoms with E-state index >= 15 is 0 Å². The van der Waals surface area contributed by atoms with E-state index in [1.807, 2.05) is 0 Å². The Bertz CT molecular complexity index is 345. The summed E-state index contributed by atoms with van der Waals surface area (Å²) >= 11 is 0. The van der Waals surface area contributed by atoms with Crippen LogP contribution in [0, 0.1) is 27.7 Å². The van der Waals surface area contributed by atoms with E-state index in [0.717, 1.165) is 0 Å². The van der Waals surface area contributed by atoms with Crippen LogP contribution in [0.2, 0.25) is 0 Å². The highest BCUT2D eigenvalue weighted by molar-refractivity contribution is 5.46. The summed E-state index contributed by atoms with van der Waals surface area (Å²) in [6, 6.07) is 2.24. The molecule has 0 aliphatic carbocycles. The Morgan fingerprint density at radius 1 is 1.12 bits per heavy atom. The predicted octanol–water partition coefficient (Wildman–Crippen LogP) is 2.61. The summed E-state index contributed by atoms with van der Waals surface area (Å²) in [5.41, 5.74) is 12.6. The van der Waals surface area contributed by atoms with Crippen molar-refractivity contribution in [1.82, 2.24) is 0 Å². The Hall–Kier alpha value is -0.860. The fraction of sp³-hybridized carbons (Fsp3) is 0.571. The van der Waals surface area contributed by atoms with Crippen LogP contribution >= 0.6 is 0 Å². The molecule has 0 saturated heterocycles. The molecule has 0 fully saturated rings. The summed E-state index contributed by atoms with van der Waals surface area (Å²) in [6.07, 6.45) is 0. The molecule has 0 radical (unpaired) electrons. The predicted molar refractivity (Wildman–Crippen MR) is 69.1 cm³/mol. The third-order valence-electron chi connectivity index (χ3n) is 3.48. The maximum atomic E-state index is 5.85. The number of nitrogens with two attached hydrogens (primary N) is 1. The summed E-state index contributed by atoms with van der Waals surface area (Å²) in [6.45, 7) is 10.0. The quantitative estimate of drug-likeness (QED) is 0.848. The summed E-state index contributed by atoms with van der Waals surface area (Å²) in [4.78, 5) is 0. The average Bonchev–Trinajstić information content (AvgIpc) is 2.25. The Morgan fingerprint density at radius 2 is 1.62 bits per heavy atom. The molecule has 0 aliphatic heterocycles. The van der Waals surface area contributed by atoms with Gasteiger partial charge in [0, 0.05) is 19.6 Å². The third-order valence-corrected chi connectivity index (χ3v) is 3.48. The number of aryl methyl sites for hydroxylation is 2. The van der Waals surface area contributed by atoms with Crippen molar-refractivity contribution in [2.75, 3.05) is 20.3 Å². The second-order valence-corrected chi connectivity index (χ2v) is 4.56.